The second-order valence-electron chi connectivity index (χ2n) is 3.62. The molecular formula is C13H11F2NO2. The highest BCUT2D eigenvalue weighted by molar-refractivity contribution is 5.51. The predicted molar refractivity (Wildman–Crippen MR) is 63.8 cm³/mol. The Hall–Kier alpha value is -2.30. The van der Waals surface area contributed by atoms with Gasteiger partial charge in [-0.3, -0.25) is 0 Å². The van der Waals surface area contributed by atoms with Gasteiger partial charge in [0.1, 0.15) is 17.2 Å². The van der Waals surface area contributed by atoms with Crippen LogP contribution in [0.3, 0.4) is 0 Å². The highest BCUT2D eigenvalue weighted by Gasteiger charge is 2.06. The average molecular weight is 251 g/mol. The summed E-state index contributed by atoms with van der Waals surface area (Å²) in [6.07, 6.45) is 0. The number of hydrogen-bond donors (Lipinski definition) is 1. The summed E-state index contributed by atoms with van der Waals surface area (Å²) in [5.41, 5.74) is 6.10. The van der Waals surface area contributed by atoms with Crippen LogP contribution in [0.15, 0.2) is 36.4 Å². The molecule has 18 heavy (non-hydrogen) atoms. The van der Waals surface area contributed by atoms with Crippen molar-refractivity contribution in [2.24, 2.45) is 0 Å². The van der Waals surface area contributed by atoms with Crippen LogP contribution in [0, 0.1) is 11.6 Å². The van der Waals surface area contributed by atoms with E-state index in [1.807, 2.05) is 0 Å². The van der Waals surface area contributed by atoms with Crippen molar-refractivity contribution >= 4 is 5.69 Å². The van der Waals surface area contributed by atoms with Crippen LogP contribution < -0.4 is 15.2 Å². The normalized spacial score (nSPS) is 10.2. The molecule has 0 radical (unpaired) electrons. The first-order chi connectivity index (χ1) is 8.58. The summed E-state index contributed by atoms with van der Waals surface area (Å²) in [7, 11) is 1.50. The van der Waals surface area contributed by atoms with E-state index in [0.717, 1.165) is 12.1 Å². The fraction of sp³-hybridized carbons (Fsp3) is 0.0769. The van der Waals surface area contributed by atoms with Crippen molar-refractivity contribution in [3.05, 3.63) is 48.0 Å². The molecule has 0 aliphatic rings. The molecule has 2 N–H and O–H groups in total. The molecule has 3 nitrogen and oxygen atoms in total. The Balaban J connectivity index is 2.27. The molecule has 0 fully saturated rings. The zero-order valence-electron chi connectivity index (χ0n) is 9.61. The van der Waals surface area contributed by atoms with E-state index in [0.29, 0.717) is 17.2 Å². The third kappa shape index (κ3) is 2.68. The number of halogens is 2. The molecule has 2 aromatic rings. The van der Waals surface area contributed by atoms with Crippen LogP contribution in [-0.4, -0.2) is 7.11 Å². The van der Waals surface area contributed by atoms with Gasteiger partial charge in [0.05, 0.1) is 7.11 Å². The maximum Gasteiger partial charge on any atom is 0.162 e. The smallest absolute Gasteiger partial charge is 0.162 e. The van der Waals surface area contributed by atoms with Crippen LogP contribution in [0.5, 0.6) is 17.2 Å². The minimum Gasteiger partial charge on any atom is -0.497 e. The largest absolute Gasteiger partial charge is 0.497 e. The summed E-state index contributed by atoms with van der Waals surface area (Å²) in [5, 5.41) is 0. The highest BCUT2D eigenvalue weighted by Crippen LogP contribution is 2.28. The lowest BCUT2D eigenvalue weighted by Gasteiger charge is -2.09. The van der Waals surface area contributed by atoms with Gasteiger partial charge in [-0.25, -0.2) is 8.78 Å². The van der Waals surface area contributed by atoms with E-state index in [-0.39, 0.29) is 5.75 Å². The summed E-state index contributed by atoms with van der Waals surface area (Å²) >= 11 is 0. The molecule has 0 heterocycles. The van der Waals surface area contributed by atoms with Gasteiger partial charge in [0.15, 0.2) is 11.6 Å². The second-order valence-corrected chi connectivity index (χ2v) is 3.62. The van der Waals surface area contributed by atoms with Crippen molar-refractivity contribution in [2.45, 2.75) is 0 Å². The van der Waals surface area contributed by atoms with Crippen LogP contribution in [0.2, 0.25) is 0 Å². The van der Waals surface area contributed by atoms with E-state index < -0.39 is 11.6 Å². The minimum atomic E-state index is -0.969. The van der Waals surface area contributed by atoms with Gasteiger partial charge in [-0.2, -0.15) is 0 Å². The lowest BCUT2D eigenvalue weighted by atomic mass is 10.3. The molecular weight excluding hydrogens is 240 g/mol. The summed E-state index contributed by atoms with van der Waals surface area (Å²) < 4.78 is 36.1. The Kier molecular flexibility index (Phi) is 3.32. The molecule has 0 aliphatic carbocycles. The summed E-state index contributed by atoms with van der Waals surface area (Å²) in [4.78, 5) is 0. The standard InChI is InChI=1S/C13H11F2NO2/c1-17-10-4-8(16)5-11(6-10)18-9-2-3-12(14)13(15)7-9/h2-7H,16H2,1H3. The minimum absolute atomic E-state index is 0.182. The van der Waals surface area contributed by atoms with E-state index in [1.54, 1.807) is 18.2 Å². The molecule has 0 saturated heterocycles. The van der Waals surface area contributed by atoms with Crippen LogP contribution >= 0.6 is 0 Å². The third-order valence-electron chi connectivity index (χ3n) is 2.26. The summed E-state index contributed by atoms with van der Waals surface area (Å²) in [5.74, 6) is -0.803. The van der Waals surface area contributed by atoms with Gasteiger partial charge >= 0.3 is 0 Å². The van der Waals surface area contributed by atoms with Crippen LogP contribution in [-0.2, 0) is 0 Å². The van der Waals surface area contributed by atoms with Crippen molar-refractivity contribution in [2.75, 3.05) is 12.8 Å². The van der Waals surface area contributed by atoms with Gasteiger partial charge in [-0.05, 0) is 12.1 Å². The molecule has 2 aromatic carbocycles. The van der Waals surface area contributed by atoms with Crippen LogP contribution in [0.4, 0.5) is 14.5 Å². The van der Waals surface area contributed by atoms with Crippen molar-refractivity contribution in [3.8, 4) is 17.2 Å². The zero-order chi connectivity index (χ0) is 13.1. The number of anilines is 1. The Morgan fingerprint density at radius 2 is 1.61 bits per heavy atom. The summed E-state index contributed by atoms with van der Waals surface area (Å²) in [6, 6.07) is 8.06. The Morgan fingerprint density at radius 3 is 2.28 bits per heavy atom. The van der Waals surface area contributed by atoms with Crippen molar-refractivity contribution in [1.82, 2.24) is 0 Å². The molecule has 0 aromatic heterocycles. The molecule has 0 amide bonds. The van der Waals surface area contributed by atoms with Gasteiger partial charge in [0, 0.05) is 30.0 Å². The number of rotatable bonds is 3. The SMILES string of the molecule is COc1cc(N)cc(Oc2ccc(F)c(F)c2)c1. The lowest BCUT2D eigenvalue weighted by molar-refractivity contribution is 0.408. The zero-order valence-corrected chi connectivity index (χ0v) is 9.61. The highest BCUT2D eigenvalue weighted by atomic mass is 19.2. The molecule has 0 bridgehead atoms. The third-order valence-corrected chi connectivity index (χ3v) is 2.26. The van der Waals surface area contributed by atoms with Crippen molar-refractivity contribution in [3.63, 3.8) is 0 Å². The monoisotopic (exact) mass is 251 g/mol. The fourth-order valence-electron chi connectivity index (χ4n) is 1.45. The number of nitrogen functional groups attached to an aromatic ring is 1. The van der Waals surface area contributed by atoms with Crippen molar-refractivity contribution in [1.29, 1.82) is 0 Å². The molecule has 0 aliphatic heterocycles. The Morgan fingerprint density at radius 1 is 0.889 bits per heavy atom. The second kappa shape index (κ2) is 4.91. The number of benzene rings is 2. The van der Waals surface area contributed by atoms with Gasteiger partial charge in [0.25, 0.3) is 0 Å². The predicted octanol–water partition coefficient (Wildman–Crippen LogP) is 3.35. The van der Waals surface area contributed by atoms with E-state index >= 15 is 0 Å². The Bertz CT molecular complexity index is 573. The van der Waals surface area contributed by atoms with Crippen LogP contribution in [0.25, 0.3) is 0 Å². The maximum absolute atomic E-state index is 13.0. The number of ether oxygens (including phenoxy) is 2. The molecule has 94 valence electrons. The number of methoxy groups -OCH3 is 1. The van der Waals surface area contributed by atoms with E-state index in [1.165, 1.54) is 13.2 Å². The quantitative estimate of drug-likeness (QED) is 0.851. The lowest BCUT2D eigenvalue weighted by Crippen LogP contribution is -1.92. The first-order valence-corrected chi connectivity index (χ1v) is 5.16. The van der Waals surface area contributed by atoms with Crippen LogP contribution in [0.1, 0.15) is 0 Å². The van der Waals surface area contributed by atoms with E-state index in [2.05, 4.69) is 0 Å². The molecule has 2 rings (SSSR count). The van der Waals surface area contributed by atoms with Gasteiger partial charge in [-0.15, -0.1) is 0 Å². The molecule has 5 heteroatoms. The number of nitrogens with two attached hydrogens (primary N) is 1. The maximum atomic E-state index is 13.0. The number of hydrogen-bond acceptors (Lipinski definition) is 3. The van der Waals surface area contributed by atoms with E-state index in [9.17, 15) is 8.78 Å². The first kappa shape index (κ1) is 12.2. The van der Waals surface area contributed by atoms with Gasteiger partial charge in [-0.1, -0.05) is 0 Å². The fourth-order valence-corrected chi connectivity index (χ4v) is 1.45. The van der Waals surface area contributed by atoms with Gasteiger partial charge in [0.2, 0.25) is 0 Å². The molecule has 0 spiro atoms. The molecule has 0 unspecified atom stereocenters. The molecule has 0 saturated carbocycles. The topological polar surface area (TPSA) is 44.5 Å². The van der Waals surface area contributed by atoms with E-state index in [4.69, 9.17) is 15.2 Å². The first-order valence-electron chi connectivity index (χ1n) is 5.16. The molecule has 0 atom stereocenters. The summed E-state index contributed by atoms with van der Waals surface area (Å²) in [6.45, 7) is 0. The van der Waals surface area contributed by atoms with Crippen molar-refractivity contribution < 1.29 is 18.3 Å². The van der Waals surface area contributed by atoms with Gasteiger partial charge < -0.3 is 15.2 Å². The average Bonchev–Trinajstić information content (AvgIpc) is 2.33. The Labute approximate surface area is 103 Å².